The van der Waals surface area contributed by atoms with Gasteiger partial charge in [0, 0.05) is 6.04 Å². The summed E-state index contributed by atoms with van der Waals surface area (Å²) in [5, 5.41) is 0. The normalized spacial score (nSPS) is 23.8. The first-order chi connectivity index (χ1) is 9.97. The van der Waals surface area contributed by atoms with E-state index in [0.29, 0.717) is 0 Å². The minimum atomic E-state index is -5.03. The number of ether oxygens (including phenoxy) is 1. The van der Waals surface area contributed by atoms with Crippen molar-refractivity contribution in [2.75, 3.05) is 0 Å². The molecule has 1 unspecified atom stereocenters. The molecule has 2 rings (SSSR count). The van der Waals surface area contributed by atoms with Gasteiger partial charge in [-0.05, 0) is 36.5 Å². The molecule has 9 heteroatoms. The third-order valence-corrected chi connectivity index (χ3v) is 3.71. The van der Waals surface area contributed by atoms with Gasteiger partial charge in [-0.2, -0.15) is 13.2 Å². The average molecular weight is 331 g/mol. The van der Waals surface area contributed by atoms with E-state index in [1.807, 2.05) is 0 Å². The molecule has 0 bridgehead atoms. The molecule has 2 N–H and O–H groups in total. The minimum absolute atomic E-state index is 0.137. The van der Waals surface area contributed by atoms with E-state index in [-0.39, 0.29) is 18.4 Å². The van der Waals surface area contributed by atoms with E-state index in [4.69, 9.17) is 5.73 Å². The summed E-state index contributed by atoms with van der Waals surface area (Å²) in [5.74, 6) is -4.19. The third-order valence-electron chi connectivity index (χ3n) is 3.71. The molecule has 1 atom stereocenters. The van der Waals surface area contributed by atoms with Crippen LogP contribution in [0.1, 0.15) is 24.4 Å². The fraction of sp³-hybridized carbons (Fsp3) is 0.538. The SMILES string of the molecule is NC(c1ccc(OC(F)(F)F)c(F)c1)[C@H]1C[C@H](C(F)(F)F)C1. The van der Waals surface area contributed by atoms with Gasteiger partial charge in [-0.25, -0.2) is 4.39 Å². The summed E-state index contributed by atoms with van der Waals surface area (Å²) in [6.45, 7) is 0. The van der Waals surface area contributed by atoms with E-state index in [1.165, 1.54) is 0 Å². The fourth-order valence-electron chi connectivity index (χ4n) is 2.43. The van der Waals surface area contributed by atoms with Crippen molar-refractivity contribution in [2.24, 2.45) is 17.6 Å². The van der Waals surface area contributed by atoms with Crippen LogP contribution in [0.15, 0.2) is 18.2 Å². The first-order valence-corrected chi connectivity index (χ1v) is 6.35. The molecule has 0 spiro atoms. The summed E-state index contributed by atoms with van der Waals surface area (Å²) in [5.41, 5.74) is 5.89. The summed E-state index contributed by atoms with van der Waals surface area (Å²) in [4.78, 5) is 0. The highest BCUT2D eigenvalue weighted by Gasteiger charge is 2.49. The lowest BCUT2D eigenvalue weighted by atomic mass is 9.69. The number of alkyl halides is 6. The molecule has 22 heavy (non-hydrogen) atoms. The van der Waals surface area contributed by atoms with Crippen LogP contribution in [0.4, 0.5) is 30.7 Å². The van der Waals surface area contributed by atoms with Crippen molar-refractivity contribution < 1.29 is 35.5 Å². The van der Waals surface area contributed by atoms with Crippen LogP contribution in [0.5, 0.6) is 5.75 Å². The highest BCUT2D eigenvalue weighted by Crippen LogP contribution is 2.48. The maximum atomic E-state index is 13.5. The van der Waals surface area contributed by atoms with Crippen molar-refractivity contribution in [3.05, 3.63) is 29.6 Å². The predicted molar refractivity (Wildman–Crippen MR) is 62.3 cm³/mol. The van der Waals surface area contributed by atoms with E-state index < -0.39 is 42.0 Å². The van der Waals surface area contributed by atoms with Gasteiger partial charge < -0.3 is 10.5 Å². The van der Waals surface area contributed by atoms with Crippen LogP contribution in [0.25, 0.3) is 0 Å². The Balaban J connectivity index is 2.03. The van der Waals surface area contributed by atoms with Gasteiger partial charge in [0.15, 0.2) is 11.6 Å². The van der Waals surface area contributed by atoms with Crippen molar-refractivity contribution in [1.29, 1.82) is 0 Å². The zero-order valence-corrected chi connectivity index (χ0v) is 11.0. The van der Waals surface area contributed by atoms with Crippen molar-refractivity contribution >= 4 is 0 Å². The van der Waals surface area contributed by atoms with Crippen LogP contribution in [-0.4, -0.2) is 12.5 Å². The minimum Gasteiger partial charge on any atom is -0.403 e. The highest BCUT2D eigenvalue weighted by atomic mass is 19.4. The Morgan fingerprint density at radius 2 is 1.68 bits per heavy atom. The molecule has 124 valence electrons. The Morgan fingerprint density at radius 1 is 1.09 bits per heavy atom. The molecule has 2 nitrogen and oxygen atoms in total. The second-order valence-electron chi connectivity index (χ2n) is 5.23. The van der Waals surface area contributed by atoms with Crippen LogP contribution in [0, 0.1) is 17.7 Å². The third kappa shape index (κ3) is 3.82. The summed E-state index contributed by atoms with van der Waals surface area (Å²) in [6, 6.07) is 1.77. The van der Waals surface area contributed by atoms with Crippen molar-refractivity contribution in [3.63, 3.8) is 0 Å². The lowest BCUT2D eigenvalue weighted by molar-refractivity contribution is -0.275. The summed E-state index contributed by atoms with van der Waals surface area (Å²) >= 11 is 0. The van der Waals surface area contributed by atoms with Crippen molar-refractivity contribution in [1.82, 2.24) is 0 Å². The Kier molecular flexibility index (Phi) is 4.29. The van der Waals surface area contributed by atoms with Crippen LogP contribution >= 0.6 is 0 Å². The van der Waals surface area contributed by atoms with Gasteiger partial charge >= 0.3 is 12.5 Å². The molecule has 1 aromatic rings. The Hall–Kier alpha value is -1.51. The van der Waals surface area contributed by atoms with E-state index in [1.54, 1.807) is 0 Å². The van der Waals surface area contributed by atoms with Crippen molar-refractivity contribution in [2.45, 2.75) is 31.4 Å². The second kappa shape index (κ2) is 5.60. The van der Waals surface area contributed by atoms with E-state index >= 15 is 0 Å². The zero-order chi connectivity index (χ0) is 16.7. The Bertz CT molecular complexity index is 534. The molecule has 0 aliphatic heterocycles. The summed E-state index contributed by atoms with van der Waals surface area (Å²) in [6.07, 6.45) is -9.66. The topological polar surface area (TPSA) is 35.2 Å². The molecule has 0 aromatic heterocycles. The smallest absolute Gasteiger partial charge is 0.403 e. The average Bonchev–Trinajstić information content (AvgIpc) is 2.26. The van der Waals surface area contributed by atoms with Crippen LogP contribution < -0.4 is 10.5 Å². The fourth-order valence-corrected chi connectivity index (χ4v) is 2.43. The Labute approximate surface area is 121 Å². The molecule has 0 heterocycles. The largest absolute Gasteiger partial charge is 0.573 e. The molecule has 0 radical (unpaired) electrons. The number of nitrogens with two attached hydrogens (primary N) is 1. The number of hydrogen-bond donors (Lipinski definition) is 1. The maximum absolute atomic E-state index is 13.5. The number of benzene rings is 1. The van der Waals surface area contributed by atoms with Gasteiger partial charge in [-0.15, -0.1) is 13.2 Å². The van der Waals surface area contributed by atoms with Gasteiger partial charge in [0.05, 0.1) is 5.92 Å². The molecule has 1 fully saturated rings. The van der Waals surface area contributed by atoms with E-state index in [0.717, 1.165) is 18.2 Å². The molecule has 1 aliphatic carbocycles. The summed E-state index contributed by atoms with van der Waals surface area (Å²) in [7, 11) is 0. The maximum Gasteiger partial charge on any atom is 0.573 e. The first kappa shape index (κ1) is 16.9. The Morgan fingerprint density at radius 3 is 2.14 bits per heavy atom. The highest BCUT2D eigenvalue weighted by molar-refractivity contribution is 5.31. The lowest BCUT2D eigenvalue weighted by Gasteiger charge is -2.40. The van der Waals surface area contributed by atoms with Gasteiger partial charge in [0.25, 0.3) is 0 Å². The summed E-state index contributed by atoms with van der Waals surface area (Å²) < 4.78 is 90.2. The number of halogens is 7. The quantitative estimate of drug-likeness (QED) is 0.838. The standard InChI is InChI=1S/C13H12F7NO/c14-9-5-6(1-2-10(9)22-13(18,19)20)11(21)7-3-8(4-7)12(15,16)17/h1-2,5,7-8,11H,3-4,21H2/t7-,8-,11?. The molecule has 1 aliphatic rings. The van der Waals surface area contributed by atoms with Crippen molar-refractivity contribution in [3.8, 4) is 5.75 Å². The monoisotopic (exact) mass is 331 g/mol. The van der Waals surface area contributed by atoms with Gasteiger partial charge in [-0.3, -0.25) is 0 Å². The zero-order valence-electron chi connectivity index (χ0n) is 11.0. The lowest BCUT2D eigenvalue weighted by Crippen LogP contribution is -2.40. The predicted octanol–water partition coefficient (Wildman–Crippen LogP) is 4.31. The molecular formula is C13H12F7NO. The van der Waals surface area contributed by atoms with Gasteiger partial charge in [0.2, 0.25) is 0 Å². The number of hydrogen-bond acceptors (Lipinski definition) is 2. The second-order valence-corrected chi connectivity index (χ2v) is 5.23. The van der Waals surface area contributed by atoms with E-state index in [2.05, 4.69) is 4.74 Å². The van der Waals surface area contributed by atoms with Crippen LogP contribution in [0.3, 0.4) is 0 Å². The molecular weight excluding hydrogens is 319 g/mol. The van der Waals surface area contributed by atoms with Crippen LogP contribution in [-0.2, 0) is 0 Å². The van der Waals surface area contributed by atoms with E-state index in [9.17, 15) is 30.7 Å². The molecule has 1 aromatic carbocycles. The molecule has 0 amide bonds. The molecule has 1 saturated carbocycles. The number of rotatable bonds is 3. The van der Waals surface area contributed by atoms with Gasteiger partial charge in [-0.1, -0.05) is 6.07 Å². The van der Waals surface area contributed by atoms with Gasteiger partial charge in [0.1, 0.15) is 0 Å². The van der Waals surface area contributed by atoms with Crippen LogP contribution in [0.2, 0.25) is 0 Å². The first-order valence-electron chi connectivity index (χ1n) is 6.35. The molecule has 0 saturated heterocycles.